The van der Waals surface area contributed by atoms with Gasteiger partial charge in [0, 0.05) is 24.8 Å². The lowest BCUT2D eigenvalue weighted by Crippen LogP contribution is -2.35. The molecule has 0 bridgehead atoms. The summed E-state index contributed by atoms with van der Waals surface area (Å²) in [5.41, 5.74) is 0.852. The number of nitrogens with one attached hydrogen (secondary N) is 1. The third kappa shape index (κ3) is 5.18. The van der Waals surface area contributed by atoms with E-state index in [0.29, 0.717) is 6.04 Å². The van der Waals surface area contributed by atoms with E-state index in [2.05, 4.69) is 31.0 Å². The second-order valence-corrected chi connectivity index (χ2v) is 4.57. The third-order valence-electron chi connectivity index (χ3n) is 2.79. The molecule has 1 aromatic rings. The fourth-order valence-corrected chi connectivity index (χ4v) is 1.86. The summed E-state index contributed by atoms with van der Waals surface area (Å²) in [7, 11) is 0. The molecule has 0 spiro atoms. The molecule has 0 radical (unpaired) electrons. The first kappa shape index (κ1) is 14.0. The topological polar surface area (TPSA) is 15.3 Å². The molecule has 0 fully saturated rings. The lowest BCUT2D eigenvalue weighted by Gasteiger charge is -2.26. The summed E-state index contributed by atoms with van der Waals surface area (Å²) < 4.78 is 13.0. The Morgan fingerprint density at radius 1 is 1.29 bits per heavy atom. The SMILES string of the molecule is CCCN(CCNc1cccc(F)c1)C(C)C. The Bertz CT molecular complexity index is 326. The molecular formula is C14H23FN2. The van der Waals surface area contributed by atoms with Crippen molar-refractivity contribution in [2.75, 3.05) is 25.0 Å². The molecule has 1 N–H and O–H groups in total. The standard InChI is InChI=1S/C14H23FN2/c1-4-9-17(12(2)3)10-8-16-14-7-5-6-13(15)11-14/h5-7,11-12,16H,4,8-10H2,1-3H3. The Morgan fingerprint density at radius 3 is 2.65 bits per heavy atom. The average molecular weight is 238 g/mol. The number of hydrogen-bond acceptors (Lipinski definition) is 2. The third-order valence-corrected chi connectivity index (χ3v) is 2.79. The normalized spacial score (nSPS) is 11.2. The highest BCUT2D eigenvalue weighted by atomic mass is 19.1. The average Bonchev–Trinajstić information content (AvgIpc) is 2.28. The first-order valence-corrected chi connectivity index (χ1v) is 6.37. The van der Waals surface area contributed by atoms with Gasteiger partial charge >= 0.3 is 0 Å². The summed E-state index contributed by atoms with van der Waals surface area (Å²) in [6.45, 7) is 9.55. The summed E-state index contributed by atoms with van der Waals surface area (Å²) in [5.74, 6) is -0.190. The van der Waals surface area contributed by atoms with Gasteiger partial charge in [0.15, 0.2) is 0 Å². The van der Waals surface area contributed by atoms with Gasteiger partial charge in [0.05, 0.1) is 0 Å². The maximum Gasteiger partial charge on any atom is 0.125 e. The minimum absolute atomic E-state index is 0.190. The molecule has 1 aromatic carbocycles. The van der Waals surface area contributed by atoms with Gasteiger partial charge in [-0.1, -0.05) is 13.0 Å². The number of nitrogens with zero attached hydrogens (tertiary/aromatic N) is 1. The van der Waals surface area contributed by atoms with Crippen molar-refractivity contribution in [3.05, 3.63) is 30.1 Å². The van der Waals surface area contributed by atoms with Crippen molar-refractivity contribution in [1.82, 2.24) is 4.90 Å². The molecule has 0 unspecified atom stereocenters. The number of anilines is 1. The highest BCUT2D eigenvalue weighted by Gasteiger charge is 2.07. The van der Waals surface area contributed by atoms with Crippen LogP contribution in [-0.4, -0.2) is 30.6 Å². The molecule has 0 saturated carbocycles. The summed E-state index contributed by atoms with van der Waals surface area (Å²) in [4.78, 5) is 2.42. The minimum Gasteiger partial charge on any atom is -0.384 e. The van der Waals surface area contributed by atoms with E-state index in [9.17, 15) is 4.39 Å². The Labute approximate surface area is 104 Å². The zero-order chi connectivity index (χ0) is 12.7. The molecule has 0 amide bonds. The van der Waals surface area contributed by atoms with Crippen LogP contribution in [0.25, 0.3) is 0 Å². The van der Waals surface area contributed by atoms with E-state index in [0.717, 1.165) is 31.7 Å². The lowest BCUT2D eigenvalue weighted by atomic mass is 10.3. The van der Waals surface area contributed by atoms with Crippen LogP contribution in [-0.2, 0) is 0 Å². The predicted molar refractivity (Wildman–Crippen MR) is 71.9 cm³/mol. The van der Waals surface area contributed by atoms with Crippen molar-refractivity contribution in [2.24, 2.45) is 0 Å². The van der Waals surface area contributed by atoms with Crippen LogP contribution in [0.5, 0.6) is 0 Å². The second-order valence-electron chi connectivity index (χ2n) is 4.57. The number of halogens is 1. The van der Waals surface area contributed by atoms with Gasteiger partial charge in [0.1, 0.15) is 5.82 Å². The Kier molecular flexibility index (Phi) is 5.98. The number of benzene rings is 1. The van der Waals surface area contributed by atoms with E-state index in [1.165, 1.54) is 12.1 Å². The highest BCUT2D eigenvalue weighted by molar-refractivity contribution is 5.42. The first-order valence-electron chi connectivity index (χ1n) is 6.37. The summed E-state index contributed by atoms with van der Waals surface area (Å²) in [5, 5.41) is 3.25. The van der Waals surface area contributed by atoms with Gasteiger partial charge in [-0.2, -0.15) is 0 Å². The maximum atomic E-state index is 13.0. The van der Waals surface area contributed by atoms with Crippen LogP contribution < -0.4 is 5.32 Å². The second kappa shape index (κ2) is 7.28. The largest absolute Gasteiger partial charge is 0.384 e. The molecule has 3 heteroatoms. The van der Waals surface area contributed by atoms with E-state index in [4.69, 9.17) is 0 Å². The molecule has 0 saturated heterocycles. The van der Waals surface area contributed by atoms with Gasteiger partial charge in [-0.25, -0.2) is 4.39 Å². The molecule has 1 rings (SSSR count). The van der Waals surface area contributed by atoms with Gasteiger partial charge in [0.2, 0.25) is 0 Å². The van der Waals surface area contributed by atoms with Crippen molar-refractivity contribution in [3.8, 4) is 0 Å². The van der Waals surface area contributed by atoms with Crippen LogP contribution in [0, 0.1) is 5.82 Å². The highest BCUT2D eigenvalue weighted by Crippen LogP contribution is 2.08. The van der Waals surface area contributed by atoms with E-state index >= 15 is 0 Å². The molecule has 0 aliphatic carbocycles. The molecule has 0 aliphatic rings. The van der Waals surface area contributed by atoms with Gasteiger partial charge in [-0.15, -0.1) is 0 Å². The van der Waals surface area contributed by atoms with Crippen LogP contribution in [0.3, 0.4) is 0 Å². The monoisotopic (exact) mass is 238 g/mol. The first-order chi connectivity index (χ1) is 8.13. The van der Waals surface area contributed by atoms with Crippen molar-refractivity contribution < 1.29 is 4.39 Å². The van der Waals surface area contributed by atoms with E-state index in [1.807, 2.05) is 6.07 Å². The quantitative estimate of drug-likeness (QED) is 0.783. The molecule has 96 valence electrons. The molecule has 0 heterocycles. The Morgan fingerprint density at radius 2 is 2.06 bits per heavy atom. The predicted octanol–water partition coefficient (Wildman–Crippen LogP) is 3.36. The van der Waals surface area contributed by atoms with Gasteiger partial charge < -0.3 is 5.32 Å². The molecule has 0 aliphatic heterocycles. The van der Waals surface area contributed by atoms with E-state index in [1.54, 1.807) is 6.07 Å². The lowest BCUT2D eigenvalue weighted by molar-refractivity contribution is 0.231. The Hall–Kier alpha value is -1.09. The molecule has 0 aromatic heterocycles. The van der Waals surface area contributed by atoms with Gasteiger partial charge in [-0.3, -0.25) is 4.90 Å². The zero-order valence-electron chi connectivity index (χ0n) is 11.0. The molecule has 17 heavy (non-hydrogen) atoms. The van der Waals surface area contributed by atoms with E-state index in [-0.39, 0.29) is 5.82 Å². The van der Waals surface area contributed by atoms with Crippen molar-refractivity contribution >= 4 is 5.69 Å². The van der Waals surface area contributed by atoms with Crippen LogP contribution >= 0.6 is 0 Å². The fourth-order valence-electron chi connectivity index (χ4n) is 1.86. The van der Waals surface area contributed by atoms with Crippen molar-refractivity contribution in [2.45, 2.75) is 33.2 Å². The fraction of sp³-hybridized carbons (Fsp3) is 0.571. The number of rotatable bonds is 7. The van der Waals surface area contributed by atoms with E-state index < -0.39 is 0 Å². The minimum atomic E-state index is -0.190. The van der Waals surface area contributed by atoms with Crippen LogP contribution in [0.1, 0.15) is 27.2 Å². The van der Waals surface area contributed by atoms with Crippen LogP contribution in [0.15, 0.2) is 24.3 Å². The number of hydrogen-bond donors (Lipinski definition) is 1. The smallest absolute Gasteiger partial charge is 0.125 e. The van der Waals surface area contributed by atoms with Crippen molar-refractivity contribution in [3.63, 3.8) is 0 Å². The molecular weight excluding hydrogens is 215 g/mol. The van der Waals surface area contributed by atoms with Gasteiger partial charge in [0.25, 0.3) is 0 Å². The van der Waals surface area contributed by atoms with Crippen LogP contribution in [0.4, 0.5) is 10.1 Å². The summed E-state index contributed by atoms with van der Waals surface area (Å²) in [6, 6.07) is 7.17. The maximum absolute atomic E-state index is 13.0. The van der Waals surface area contributed by atoms with Crippen LogP contribution in [0.2, 0.25) is 0 Å². The summed E-state index contributed by atoms with van der Waals surface area (Å²) >= 11 is 0. The molecule has 0 atom stereocenters. The molecule has 2 nitrogen and oxygen atoms in total. The van der Waals surface area contributed by atoms with Crippen molar-refractivity contribution in [1.29, 1.82) is 0 Å². The summed E-state index contributed by atoms with van der Waals surface area (Å²) in [6.07, 6.45) is 1.16. The van der Waals surface area contributed by atoms with Gasteiger partial charge in [-0.05, 0) is 45.0 Å². The Balaban J connectivity index is 2.35. The zero-order valence-corrected chi connectivity index (χ0v) is 11.0.